The second kappa shape index (κ2) is 9.71. The van der Waals surface area contributed by atoms with Gasteiger partial charge in [-0.05, 0) is 23.6 Å². The lowest BCUT2D eigenvalue weighted by Crippen LogP contribution is -1.80. The first kappa shape index (κ1) is 15.5. The SMILES string of the molecule is CC.Cc1ccccc1-c1ccccc1.[B]C. The molecule has 0 saturated heterocycles. The average molecular weight is 224 g/mol. The van der Waals surface area contributed by atoms with Gasteiger partial charge in [-0.3, -0.25) is 0 Å². The molecule has 0 spiro atoms. The van der Waals surface area contributed by atoms with Crippen LogP contribution in [0.2, 0.25) is 6.82 Å². The molecule has 0 amide bonds. The van der Waals surface area contributed by atoms with Gasteiger partial charge in [-0.15, -0.1) is 0 Å². The van der Waals surface area contributed by atoms with Crippen molar-refractivity contribution in [2.45, 2.75) is 27.6 Å². The Bertz CT molecular complexity index is 393. The highest BCUT2D eigenvalue weighted by Gasteiger charge is 1.97. The lowest BCUT2D eigenvalue weighted by molar-refractivity contribution is 1.46. The van der Waals surface area contributed by atoms with Crippen molar-refractivity contribution < 1.29 is 0 Å². The molecule has 2 radical (unpaired) electrons. The maximum atomic E-state index is 4.50. The van der Waals surface area contributed by atoms with Gasteiger partial charge in [0.05, 0.1) is 7.85 Å². The molecule has 0 atom stereocenters. The van der Waals surface area contributed by atoms with Gasteiger partial charge in [-0.1, -0.05) is 75.3 Å². The fourth-order valence-electron chi connectivity index (χ4n) is 1.51. The van der Waals surface area contributed by atoms with Crippen molar-refractivity contribution in [3.8, 4) is 11.1 Å². The molecule has 0 N–H and O–H groups in total. The summed E-state index contributed by atoms with van der Waals surface area (Å²) in [6, 6.07) is 18.9. The molecule has 0 fully saturated rings. The molecule has 2 aromatic carbocycles. The van der Waals surface area contributed by atoms with Crippen LogP contribution in [-0.2, 0) is 0 Å². The summed E-state index contributed by atoms with van der Waals surface area (Å²) in [7, 11) is 4.50. The zero-order valence-corrected chi connectivity index (χ0v) is 11.3. The van der Waals surface area contributed by atoms with E-state index in [0.29, 0.717) is 0 Å². The fraction of sp³-hybridized carbons (Fsp3) is 0.250. The third-order valence-corrected chi connectivity index (χ3v) is 2.23. The predicted molar refractivity (Wildman–Crippen MR) is 79.6 cm³/mol. The second-order valence-corrected chi connectivity index (χ2v) is 3.18. The number of benzene rings is 2. The third-order valence-electron chi connectivity index (χ3n) is 2.23. The van der Waals surface area contributed by atoms with Gasteiger partial charge in [0.1, 0.15) is 0 Å². The van der Waals surface area contributed by atoms with E-state index >= 15 is 0 Å². The topological polar surface area (TPSA) is 0 Å². The third kappa shape index (κ3) is 4.90. The highest BCUT2D eigenvalue weighted by Crippen LogP contribution is 2.21. The molecule has 0 nitrogen and oxygen atoms in total. The van der Waals surface area contributed by atoms with Crippen molar-refractivity contribution in [2.75, 3.05) is 0 Å². The van der Waals surface area contributed by atoms with Crippen LogP contribution >= 0.6 is 0 Å². The van der Waals surface area contributed by atoms with E-state index in [1.807, 2.05) is 19.9 Å². The van der Waals surface area contributed by atoms with Gasteiger partial charge in [0, 0.05) is 0 Å². The van der Waals surface area contributed by atoms with Gasteiger partial charge in [0.15, 0.2) is 0 Å². The van der Waals surface area contributed by atoms with E-state index in [9.17, 15) is 0 Å². The number of rotatable bonds is 1. The van der Waals surface area contributed by atoms with Crippen molar-refractivity contribution in [1.82, 2.24) is 0 Å². The molecular formula is C16H21B. The van der Waals surface area contributed by atoms with Crippen molar-refractivity contribution in [3.63, 3.8) is 0 Å². The van der Waals surface area contributed by atoms with Crippen molar-refractivity contribution in [3.05, 3.63) is 60.2 Å². The van der Waals surface area contributed by atoms with E-state index in [-0.39, 0.29) is 0 Å². The molecule has 0 heterocycles. The van der Waals surface area contributed by atoms with E-state index in [4.69, 9.17) is 0 Å². The summed E-state index contributed by atoms with van der Waals surface area (Å²) >= 11 is 0. The Hall–Kier alpha value is -1.50. The first-order valence-corrected chi connectivity index (χ1v) is 6.07. The summed E-state index contributed by atoms with van der Waals surface area (Å²) in [5, 5.41) is 0. The molecule has 0 unspecified atom stereocenters. The number of hydrogen-bond acceptors (Lipinski definition) is 0. The van der Waals surface area contributed by atoms with Crippen LogP contribution in [0.25, 0.3) is 11.1 Å². The van der Waals surface area contributed by atoms with Crippen LogP contribution in [0.1, 0.15) is 19.4 Å². The molecule has 0 aromatic heterocycles. The summed E-state index contributed by atoms with van der Waals surface area (Å²) in [5.41, 5.74) is 3.94. The Morgan fingerprint density at radius 2 is 1.18 bits per heavy atom. The minimum Gasteiger partial charge on any atom is -0.0999 e. The minimum atomic E-state index is 1.29. The van der Waals surface area contributed by atoms with E-state index < -0.39 is 0 Å². The second-order valence-electron chi connectivity index (χ2n) is 3.18. The first-order valence-electron chi connectivity index (χ1n) is 6.07. The molecular weight excluding hydrogens is 203 g/mol. The standard InChI is InChI=1S/C13H12.C2H6.CH3B/c1-11-7-5-6-10-13(11)12-8-3-2-4-9-12;2*1-2/h2-10H,1H3;1-2H3;1H3. The van der Waals surface area contributed by atoms with Crippen LogP contribution in [0.3, 0.4) is 0 Å². The zero-order chi connectivity index (χ0) is 13.1. The smallest absolute Gasteiger partial charge is 0.0606 e. The molecule has 0 aliphatic heterocycles. The summed E-state index contributed by atoms with van der Waals surface area (Å²) in [6.45, 7) is 7.64. The van der Waals surface area contributed by atoms with E-state index in [2.05, 4.69) is 63.3 Å². The Morgan fingerprint density at radius 1 is 0.706 bits per heavy atom. The zero-order valence-electron chi connectivity index (χ0n) is 11.3. The molecule has 0 bridgehead atoms. The largest absolute Gasteiger partial charge is 0.0999 e. The average Bonchev–Trinajstić information content (AvgIpc) is 2.45. The normalized spacial score (nSPS) is 8.24. The molecule has 2 aromatic rings. The summed E-state index contributed by atoms with van der Waals surface area (Å²) in [5.74, 6) is 0. The van der Waals surface area contributed by atoms with Crippen LogP contribution in [0.4, 0.5) is 0 Å². The Balaban J connectivity index is 0.000000581. The maximum Gasteiger partial charge on any atom is 0.0606 e. The summed E-state index contributed by atoms with van der Waals surface area (Å²) in [4.78, 5) is 0. The summed E-state index contributed by atoms with van der Waals surface area (Å²) < 4.78 is 0. The van der Waals surface area contributed by atoms with E-state index in [1.54, 1.807) is 0 Å². The van der Waals surface area contributed by atoms with Crippen molar-refractivity contribution in [1.29, 1.82) is 0 Å². The van der Waals surface area contributed by atoms with E-state index in [1.165, 1.54) is 23.5 Å². The highest BCUT2D eigenvalue weighted by molar-refractivity contribution is 6.05. The van der Waals surface area contributed by atoms with Gasteiger partial charge in [0.25, 0.3) is 0 Å². The molecule has 0 aliphatic rings. The molecule has 88 valence electrons. The number of aryl methyl sites for hydroxylation is 1. The Morgan fingerprint density at radius 3 is 1.71 bits per heavy atom. The lowest BCUT2D eigenvalue weighted by Gasteiger charge is -2.04. The fourth-order valence-corrected chi connectivity index (χ4v) is 1.51. The Labute approximate surface area is 107 Å². The van der Waals surface area contributed by atoms with Gasteiger partial charge in [0.2, 0.25) is 0 Å². The van der Waals surface area contributed by atoms with Gasteiger partial charge < -0.3 is 0 Å². The Kier molecular flexibility index (Phi) is 8.86. The van der Waals surface area contributed by atoms with Gasteiger partial charge in [-0.2, -0.15) is 0 Å². The van der Waals surface area contributed by atoms with Gasteiger partial charge >= 0.3 is 0 Å². The van der Waals surface area contributed by atoms with Crippen LogP contribution in [0.15, 0.2) is 54.6 Å². The van der Waals surface area contributed by atoms with Crippen LogP contribution < -0.4 is 0 Å². The van der Waals surface area contributed by atoms with Crippen LogP contribution in [0, 0.1) is 6.92 Å². The lowest BCUT2D eigenvalue weighted by atomic mass is 10.0. The van der Waals surface area contributed by atoms with Crippen LogP contribution in [0.5, 0.6) is 0 Å². The van der Waals surface area contributed by atoms with E-state index in [0.717, 1.165) is 0 Å². The van der Waals surface area contributed by atoms with Crippen molar-refractivity contribution in [2.24, 2.45) is 0 Å². The number of hydrogen-bond donors (Lipinski definition) is 0. The molecule has 1 heteroatoms. The maximum absolute atomic E-state index is 4.50. The molecule has 2 rings (SSSR count). The molecule has 0 saturated carbocycles. The van der Waals surface area contributed by atoms with Crippen LogP contribution in [-0.4, -0.2) is 7.85 Å². The van der Waals surface area contributed by atoms with Gasteiger partial charge in [-0.25, -0.2) is 0 Å². The molecule has 0 aliphatic carbocycles. The summed E-state index contributed by atoms with van der Waals surface area (Å²) in [6.07, 6.45) is 0. The monoisotopic (exact) mass is 224 g/mol. The minimum absolute atomic E-state index is 1.29. The predicted octanol–water partition coefficient (Wildman–Crippen LogP) is 4.89. The highest BCUT2D eigenvalue weighted by atomic mass is 14.0. The van der Waals surface area contributed by atoms with Crippen molar-refractivity contribution >= 4 is 7.85 Å². The molecule has 17 heavy (non-hydrogen) atoms. The quantitative estimate of drug-likeness (QED) is 0.605. The first-order chi connectivity index (χ1) is 8.38.